The molecular formula is C12H19NO10. The second kappa shape index (κ2) is 5.95. The molecule has 0 aliphatic carbocycles. The van der Waals surface area contributed by atoms with E-state index in [0.29, 0.717) is 0 Å². The lowest BCUT2D eigenvalue weighted by Crippen LogP contribution is -2.69. The van der Waals surface area contributed by atoms with Gasteiger partial charge in [0.05, 0.1) is 13.2 Å². The van der Waals surface area contributed by atoms with Crippen molar-refractivity contribution in [2.24, 2.45) is 5.18 Å². The van der Waals surface area contributed by atoms with Crippen molar-refractivity contribution in [3.05, 3.63) is 4.91 Å². The molecule has 0 bridgehead atoms. The van der Waals surface area contributed by atoms with Gasteiger partial charge in [0.2, 0.25) is 11.6 Å². The molecule has 11 nitrogen and oxygen atoms in total. The van der Waals surface area contributed by atoms with Crippen LogP contribution in [0.1, 0.15) is 0 Å². The Labute approximate surface area is 130 Å². The van der Waals surface area contributed by atoms with E-state index < -0.39 is 68.0 Å². The Morgan fingerprint density at radius 2 is 1.57 bits per heavy atom. The normalized spacial score (nSPS) is 53.8. The molecule has 0 saturated carbocycles. The third-order valence-corrected chi connectivity index (χ3v) is 4.52. The summed E-state index contributed by atoms with van der Waals surface area (Å²) in [6.07, 6.45) is -7.00. The zero-order valence-corrected chi connectivity index (χ0v) is 12.0. The minimum atomic E-state index is -1.74. The highest BCUT2D eigenvalue weighted by Crippen LogP contribution is 2.41. The van der Waals surface area contributed by atoms with Gasteiger partial charge in [-0.2, -0.15) is 4.91 Å². The van der Waals surface area contributed by atoms with Crippen LogP contribution >= 0.6 is 0 Å². The maximum atomic E-state index is 10.6. The first-order valence-corrected chi connectivity index (χ1v) is 7.14. The monoisotopic (exact) mass is 337 g/mol. The molecule has 0 aromatic carbocycles. The van der Waals surface area contributed by atoms with Gasteiger partial charge in [-0.25, -0.2) is 0 Å². The number of rotatable bonds is 2. The number of ether oxygens (including phenoxy) is 4. The number of aliphatic hydroxyl groups is 5. The smallest absolute Gasteiger partial charge is 0.222 e. The average molecular weight is 337 g/mol. The third kappa shape index (κ3) is 2.49. The Morgan fingerprint density at radius 3 is 2.09 bits per heavy atom. The van der Waals surface area contributed by atoms with Gasteiger partial charge in [0, 0.05) is 0 Å². The Bertz CT molecular complexity index is 453. The standard InChI is InChI=1S/C12H19NO10/c14-1-6-8(16)10(18)12(23-6)4-21-11(3-22-12)9(17)7(15)5(13-19)2-20-11/h5-10,14-18H,1-4H2/t5-,6-,7?,8?,9?,10?,11-,12-/m1/s1. The second-order valence-electron chi connectivity index (χ2n) is 5.89. The van der Waals surface area contributed by atoms with Crippen molar-refractivity contribution < 1.29 is 44.5 Å². The van der Waals surface area contributed by atoms with Gasteiger partial charge < -0.3 is 44.5 Å². The van der Waals surface area contributed by atoms with Crippen molar-refractivity contribution in [2.45, 2.75) is 48.1 Å². The summed E-state index contributed by atoms with van der Waals surface area (Å²) in [5.41, 5.74) is 0. The molecule has 2 spiro atoms. The minimum Gasteiger partial charge on any atom is -0.394 e. The summed E-state index contributed by atoms with van der Waals surface area (Å²) in [5, 5.41) is 51.6. The van der Waals surface area contributed by atoms with Crippen LogP contribution in [0.2, 0.25) is 0 Å². The molecule has 0 radical (unpaired) electrons. The summed E-state index contributed by atoms with van der Waals surface area (Å²) in [4.78, 5) is 10.6. The topological polar surface area (TPSA) is 168 Å². The van der Waals surface area contributed by atoms with E-state index in [4.69, 9.17) is 24.1 Å². The number of hydrogen-bond acceptors (Lipinski definition) is 11. The Kier molecular flexibility index (Phi) is 4.42. The molecule has 0 aromatic heterocycles. The molecule has 5 N–H and O–H groups in total. The summed E-state index contributed by atoms with van der Waals surface area (Å²) in [6, 6.07) is -1.14. The highest BCUT2D eigenvalue weighted by atomic mass is 16.8. The highest BCUT2D eigenvalue weighted by molar-refractivity contribution is 5.03. The van der Waals surface area contributed by atoms with Gasteiger partial charge in [-0.3, -0.25) is 0 Å². The fourth-order valence-electron chi connectivity index (χ4n) is 3.00. The van der Waals surface area contributed by atoms with E-state index >= 15 is 0 Å². The molecule has 3 heterocycles. The Morgan fingerprint density at radius 1 is 0.957 bits per heavy atom. The molecular weight excluding hydrogens is 318 g/mol. The number of aliphatic hydroxyl groups excluding tert-OH is 5. The van der Waals surface area contributed by atoms with Gasteiger partial charge in [0.25, 0.3) is 0 Å². The summed E-state index contributed by atoms with van der Waals surface area (Å²) < 4.78 is 21.5. The first-order valence-electron chi connectivity index (χ1n) is 7.14. The molecule has 11 heteroatoms. The fourth-order valence-corrected chi connectivity index (χ4v) is 3.00. The van der Waals surface area contributed by atoms with Crippen LogP contribution in [0.3, 0.4) is 0 Å². The molecule has 3 aliphatic rings. The van der Waals surface area contributed by atoms with Crippen LogP contribution in [0.25, 0.3) is 0 Å². The van der Waals surface area contributed by atoms with Gasteiger partial charge in [-0.1, -0.05) is 5.18 Å². The minimum absolute atomic E-state index is 0.274. The van der Waals surface area contributed by atoms with Gasteiger partial charge in [-0.15, -0.1) is 0 Å². The quantitative estimate of drug-likeness (QED) is 0.318. The predicted octanol–water partition coefficient (Wildman–Crippen LogP) is -3.57. The molecule has 132 valence electrons. The molecule has 3 fully saturated rings. The molecule has 3 rings (SSSR count). The molecule has 0 aromatic rings. The zero-order valence-electron chi connectivity index (χ0n) is 12.0. The number of nitroso groups, excluding NO2 is 1. The largest absolute Gasteiger partial charge is 0.394 e. The van der Waals surface area contributed by atoms with E-state index in [0.717, 1.165) is 0 Å². The van der Waals surface area contributed by atoms with Crippen molar-refractivity contribution >= 4 is 0 Å². The molecule has 4 unspecified atom stereocenters. The van der Waals surface area contributed by atoms with Crippen LogP contribution in [-0.4, -0.2) is 100 Å². The van der Waals surface area contributed by atoms with Crippen LogP contribution in [0.5, 0.6) is 0 Å². The van der Waals surface area contributed by atoms with E-state index in [-0.39, 0.29) is 6.61 Å². The van der Waals surface area contributed by atoms with Crippen LogP contribution in [0.4, 0.5) is 0 Å². The summed E-state index contributed by atoms with van der Waals surface area (Å²) in [7, 11) is 0. The first kappa shape index (κ1) is 17.1. The predicted molar refractivity (Wildman–Crippen MR) is 68.9 cm³/mol. The van der Waals surface area contributed by atoms with Crippen molar-refractivity contribution in [2.75, 3.05) is 26.4 Å². The van der Waals surface area contributed by atoms with E-state index in [1.165, 1.54) is 0 Å². The van der Waals surface area contributed by atoms with E-state index in [9.17, 15) is 25.3 Å². The van der Waals surface area contributed by atoms with Crippen molar-refractivity contribution in [3.8, 4) is 0 Å². The average Bonchev–Trinajstić information content (AvgIpc) is 2.80. The molecule has 23 heavy (non-hydrogen) atoms. The van der Waals surface area contributed by atoms with Gasteiger partial charge in [0.15, 0.2) is 0 Å². The lowest BCUT2D eigenvalue weighted by atomic mass is 9.94. The number of hydrogen-bond donors (Lipinski definition) is 5. The summed E-state index contributed by atoms with van der Waals surface area (Å²) in [5.74, 6) is -3.46. The molecule has 0 amide bonds. The van der Waals surface area contributed by atoms with Crippen molar-refractivity contribution in [1.82, 2.24) is 0 Å². The summed E-state index contributed by atoms with van der Waals surface area (Å²) >= 11 is 0. The van der Waals surface area contributed by atoms with Gasteiger partial charge >= 0.3 is 0 Å². The van der Waals surface area contributed by atoms with E-state index in [1.54, 1.807) is 0 Å². The van der Waals surface area contributed by atoms with E-state index in [2.05, 4.69) is 5.18 Å². The molecule has 3 saturated heterocycles. The third-order valence-electron chi connectivity index (χ3n) is 4.52. The highest BCUT2D eigenvalue weighted by Gasteiger charge is 2.63. The van der Waals surface area contributed by atoms with Crippen LogP contribution in [-0.2, 0) is 18.9 Å². The Balaban J connectivity index is 1.72. The number of nitrogens with zero attached hydrogens (tertiary/aromatic N) is 1. The van der Waals surface area contributed by atoms with Crippen LogP contribution < -0.4 is 0 Å². The molecule has 3 aliphatic heterocycles. The fraction of sp³-hybridized carbons (Fsp3) is 1.00. The molecule has 8 atom stereocenters. The van der Waals surface area contributed by atoms with Crippen LogP contribution in [0.15, 0.2) is 5.18 Å². The van der Waals surface area contributed by atoms with Gasteiger partial charge in [-0.05, 0) is 0 Å². The first-order chi connectivity index (χ1) is 10.9. The van der Waals surface area contributed by atoms with Crippen molar-refractivity contribution in [3.63, 3.8) is 0 Å². The Hall–Kier alpha value is -0.760. The van der Waals surface area contributed by atoms with E-state index in [1.807, 2.05) is 0 Å². The SMILES string of the molecule is O=N[C@@H]1CO[C@@]2(CO[C@]3(CO2)O[C@H](CO)C(O)C3O)C(O)C1O. The van der Waals surface area contributed by atoms with Gasteiger partial charge in [0.1, 0.15) is 49.8 Å². The van der Waals surface area contributed by atoms with Crippen LogP contribution in [0, 0.1) is 4.91 Å². The summed E-state index contributed by atoms with van der Waals surface area (Å²) in [6.45, 7) is -1.66. The lowest BCUT2D eigenvalue weighted by molar-refractivity contribution is -0.425. The van der Waals surface area contributed by atoms with Crippen molar-refractivity contribution in [1.29, 1.82) is 0 Å². The maximum absolute atomic E-state index is 10.6. The zero-order chi connectivity index (χ0) is 16.8. The second-order valence-corrected chi connectivity index (χ2v) is 5.89. The lowest BCUT2D eigenvalue weighted by Gasteiger charge is -2.50. The maximum Gasteiger partial charge on any atom is 0.222 e.